The van der Waals surface area contributed by atoms with Gasteiger partial charge < -0.3 is 5.32 Å². The van der Waals surface area contributed by atoms with Crippen molar-refractivity contribution in [2.45, 2.75) is 6.54 Å². The molecular weight excluding hydrogens is 355 g/mol. The van der Waals surface area contributed by atoms with E-state index < -0.39 is 34.6 Å². The van der Waals surface area contributed by atoms with Crippen LogP contribution < -0.4 is 11.0 Å². The van der Waals surface area contributed by atoms with E-state index in [0.717, 1.165) is 21.5 Å². The van der Waals surface area contributed by atoms with Crippen molar-refractivity contribution < 1.29 is 14.1 Å². The van der Waals surface area contributed by atoms with Crippen LogP contribution >= 0.6 is 11.3 Å². The minimum absolute atomic E-state index is 0.0248. The van der Waals surface area contributed by atoms with Crippen LogP contribution in [0.5, 0.6) is 0 Å². The molecule has 0 unspecified atom stereocenters. The Morgan fingerprint density at radius 1 is 1.36 bits per heavy atom. The van der Waals surface area contributed by atoms with Crippen molar-refractivity contribution in [3.05, 3.63) is 62.1 Å². The van der Waals surface area contributed by atoms with Gasteiger partial charge in [0.25, 0.3) is 0 Å². The van der Waals surface area contributed by atoms with Gasteiger partial charge in [0.1, 0.15) is 11.5 Å². The fraction of sp³-hybridized carbons (Fsp3) is 0.0769. The smallest absolute Gasteiger partial charge is 0.324 e. The second-order valence-electron chi connectivity index (χ2n) is 4.75. The third-order valence-electron chi connectivity index (χ3n) is 3.07. The van der Waals surface area contributed by atoms with Gasteiger partial charge in [0.05, 0.1) is 4.92 Å². The third kappa shape index (κ3) is 3.42. The molecule has 128 valence electrons. The van der Waals surface area contributed by atoms with Gasteiger partial charge in [-0.05, 0) is 40.1 Å². The summed E-state index contributed by atoms with van der Waals surface area (Å²) in [6, 6.07) is 6.33. The Balaban J connectivity index is 1.75. The van der Waals surface area contributed by atoms with E-state index in [0.29, 0.717) is 5.00 Å². The zero-order valence-corrected chi connectivity index (χ0v) is 13.1. The summed E-state index contributed by atoms with van der Waals surface area (Å²) < 4.78 is 15.2. The quantitative estimate of drug-likeness (QED) is 0.535. The summed E-state index contributed by atoms with van der Waals surface area (Å²) in [7, 11) is 0. The van der Waals surface area contributed by atoms with Crippen molar-refractivity contribution in [3.8, 4) is 5.00 Å². The summed E-state index contributed by atoms with van der Waals surface area (Å²) in [5, 5.41) is 22.6. The summed E-state index contributed by atoms with van der Waals surface area (Å²) in [5.74, 6) is -1.68. The molecule has 1 amide bonds. The predicted octanol–water partition coefficient (Wildman–Crippen LogP) is 1.18. The maximum Gasteiger partial charge on any atom is 0.369 e. The number of tetrazole rings is 1. The van der Waals surface area contributed by atoms with Crippen LogP contribution in [0.1, 0.15) is 0 Å². The zero-order valence-electron chi connectivity index (χ0n) is 12.3. The van der Waals surface area contributed by atoms with Gasteiger partial charge >= 0.3 is 11.4 Å². The third-order valence-corrected chi connectivity index (χ3v) is 3.92. The number of nitro benzene ring substituents is 1. The molecule has 1 aromatic carbocycles. The molecule has 0 radical (unpaired) electrons. The Morgan fingerprint density at radius 3 is 2.84 bits per heavy atom. The standard InChI is InChI=1S/C13H9FN6O4S/c14-9-4-3-8(6-10(9)20(23)24)15-11(21)7-18-13(22)19(17-16-18)12-2-1-5-25-12/h1-6H,7H2,(H,15,21). The lowest BCUT2D eigenvalue weighted by molar-refractivity contribution is -0.387. The number of rotatable bonds is 5. The predicted molar refractivity (Wildman–Crippen MR) is 85.2 cm³/mol. The number of nitro groups is 1. The molecule has 0 atom stereocenters. The number of hydrogen-bond acceptors (Lipinski definition) is 7. The minimum atomic E-state index is -1.02. The van der Waals surface area contributed by atoms with Crippen molar-refractivity contribution in [2.24, 2.45) is 0 Å². The first-order valence-electron chi connectivity index (χ1n) is 6.76. The van der Waals surface area contributed by atoms with Gasteiger partial charge in [0, 0.05) is 11.8 Å². The Labute approximate surface area is 142 Å². The molecule has 12 heteroatoms. The first-order valence-corrected chi connectivity index (χ1v) is 7.64. The number of hydrogen-bond donors (Lipinski definition) is 1. The first-order chi connectivity index (χ1) is 12.0. The van der Waals surface area contributed by atoms with Gasteiger partial charge in [-0.3, -0.25) is 14.9 Å². The Hall–Kier alpha value is -3.41. The van der Waals surface area contributed by atoms with Crippen molar-refractivity contribution in [3.63, 3.8) is 0 Å². The lowest BCUT2D eigenvalue weighted by Gasteiger charge is -2.04. The Morgan fingerprint density at radius 2 is 2.16 bits per heavy atom. The van der Waals surface area contributed by atoms with E-state index in [4.69, 9.17) is 0 Å². The van der Waals surface area contributed by atoms with Crippen molar-refractivity contribution >= 4 is 28.6 Å². The second-order valence-corrected chi connectivity index (χ2v) is 5.68. The van der Waals surface area contributed by atoms with Crippen LogP contribution in [0.4, 0.5) is 15.8 Å². The molecule has 10 nitrogen and oxygen atoms in total. The minimum Gasteiger partial charge on any atom is -0.324 e. The van der Waals surface area contributed by atoms with E-state index >= 15 is 0 Å². The van der Waals surface area contributed by atoms with Gasteiger partial charge in [-0.1, -0.05) is 0 Å². The van der Waals surface area contributed by atoms with E-state index in [1.54, 1.807) is 17.5 Å². The fourth-order valence-corrected chi connectivity index (χ4v) is 2.64. The maximum absolute atomic E-state index is 13.3. The molecule has 0 fully saturated rings. The van der Waals surface area contributed by atoms with Crippen molar-refractivity contribution in [2.75, 3.05) is 5.32 Å². The van der Waals surface area contributed by atoms with Gasteiger partial charge in [0.2, 0.25) is 11.7 Å². The van der Waals surface area contributed by atoms with E-state index in [9.17, 15) is 24.1 Å². The largest absolute Gasteiger partial charge is 0.369 e. The van der Waals surface area contributed by atoms with Gasteiger partial charge in [0.15, 0.2) is 0 Å². The molecule has 0 aliphatic heterocycles. The summed E-state index contributed by atoms with van der Waals surface area (Å²) in [6.07, 6.45) is 0. The van der Waals surface area contributed by atoms with Crippen molar-refractivity contribution in [1.29, 1.82) is 0 Å². The number of nitrogens with one attached hydrogen (secondary N) is 1. The lowest BCUT2D eigenvalue weighted by atomic mass is 10.2. The Kier molecular flexibility index (Phi) is 4.35. The molecular formula is C13H9FN6O4S. The first kappa shape index (κ1) is 16.4. The highest BCUT2D eigenvalue weighted by Gasteiger charge is 2.17. The lowest BCUT2D eigenvalue weighted by Crippen LogP contribution is -2.29. The number of nitrogens with zero attached hydrogens (tertiary/aromatic N) is 5. The number of anilines is 1. The number of halogens is 1. The van der Waals surface area contributed by atoms with Crippen LogP contribution in [0.25, 0.3) is 5.00 Å². The highest BCUT2D eigenvalue weighted by Crippen LogP contribution is 2.21. The average Bonchev–Trinajstić information content (AvgIpc) is 3.20. The number of carbonyl (C=O) groups excluding carboxylic acids is 1. The molecule has 1 N–H and O–H groups in total. The summed E-state index contributed by atoms with van der Waals surface area (Å²) >= 11 is 1.28. The summed E-state index contributed by atoms with van der Waals surface area (Å²) in [5.41, 5.74) is -1.35. The van der Waals surface area contributed by atoms with Crippen LogP contribution in [-0.2, 0) is 11.3 Å². The number of amides is 1. The molecule has 0 bridgehead atoms. The number of benzene rings is 1. The topological polar surface area (TPSA) is 125 Å². The molecule has 0 spiro atoms. The maximum atomic E-state index is 13.3. The molecule has 25 heavy (non-hydrogen) atoms. The SMILES string of the molecule is O=C(Cn1nnn(-c2cccs2)c1=O)Nc1ccc(F)c([N+](=O)[O-])c1. The number of thiophene rings is 1. The van der Waals surface area contributed by atoms with Gasteiger partial charge in [-0.15, -0.1) is 11.3 Å². The van der Waals surface area contributed by atoms with Crippen LogP contribution in [0.2, 0.25) is 0 Å². The molecule has 2 aromatic heterocycles. The number of carbonyl (C=O) groups is 1. The number of aromatic nitrogens is 4. The molecule has 3 aromatic rings. The molecule has 0 saturated heterocycles. The normalized spacial score (nSPS) is 10.6. The highest BCUT2D eigenvalue weighted by molar-refractivity contribution is 7.12. The van der Waals surface area contributed by atoms with Crippen LogP contribution in [0, 0.1) is 15.9 Å². The monoisotopic (exact) mass is 364 g/mol. The fourth-order valence-electron chi connectivity index (χ4n) is 1.97. The van der Waals surface area contributed by atoms with E-state index in [1.165, 1.54) is 17.4 Å². The van der Waals surface area contributed by atoms with Crippen LogP contribution in [-0.4, -0.2) is 30.6 Å². The van der Waals surface area contributed by atoms with Crippen LogP contribution in [0.3, 0.4) is 0 Å². The molecule has 2 heterocycles. The van der Waals surface area contributed by atoms with E-state index in [1.807, 2.05) is 0 Å². The Bertz CT molecular complexity index is 996. The summed E-state index contributed by atoms with van der Waals surface area (Å²) in [4.78, 5) is 33.9. The summed E-state index contributed by atoms with van der Waals surface area (Å²) in [6.45, 7) is -0.449. The average molecular weight is 364 g/mol. The highest BCUT2D eigenvalue weighted by atomic mass is 32.1. The van der Waals surface area contributed by atoms with E-state index in [2.05, 4.69) is 15.7 Å². The van der Waals surface area contributed by atoms with E-state index in [-0.39, 0.29) is 5.69 Å². The zero-order chi connectivity index (χ0) is 18.0. The van der Waals surface area contributed by atoms with Crippen LogP contribution in [0.15, 0.2) is 40.5 Å². The second kappa shape index (κ2) is 6.60. The molecule has 0 saturated carbocycles. The molecule has 0 aliphatic rings. The van der Waals surface area contributed by atoms with Crippen molar-refractivity contribution in [1.82, 2.24) is 19.8 Å². The molecule has 3 rings (SSSR count). The van der Waals surface area contributed by atoms with Gasteiger partial charge in [-0.2, -0.15) is 13.8 Å². The molecule has 0 aliphatic carbocycles. The van der Waals surface area contributed by atoms with Gasteiger partial charge in [-0.25, -0.2) is 4.79 Å².